The Morgan fingerprint density at radius 1 is 1.25 bits per heavy atom. The van der Waals surface area contributed by atoms with Crippen molar-refractivity contribution in [1.82, 2.24) is 0 Å². The van der Waals surface area contributed by atoms with Crippen LogP contribution in [0.4, 0.5) is 0 Å². The number of esters is 1. The molecule has 5 nitrogen and oxygen atoms in total. The minimum absolute atomic E-state index is 0.00600. The van der Waals surface area contributed by atoms with Gasteiger partial charge in [0.25, 0.3) is 0 Å². The summed E-state index contributed by atoms with van der Waals surface area (Å²) >= 11 is 7.50. The van der Waals surface area contributed by atoms with Gasteiger partial charge >= 0.3 is 5.97 Å². The van der Waals surface area contributed by atoms with Crippen LogP contribution >= 0.6 is 23.4 Å². The van der Waals surface area contributed by atoms with E-state index < -0.39 is 16.0 Å². The van der Waals surface area contributed by atoms with Crippen molar-refractivity contribution in [2.45, 2.75) is 22.5 Å². The Morgan fingerprint density at radius 2 is 1.92 bits per heavy atom. The predicted octanol–water partition coefficient (Wildman–Crippen LogP) is 3.46. The van der Waals surface area contributed by atoms with Crippen LogP contribution in [0.5, 0.6) is 0 Å². The Morgan fingerprint density at radius 3 is 2.50 bits per heavy atom. The quantitative estimate of drug-likeness (QED) is 0.607. The van der Waals surface area contributed by atoms with Gasteiger partial charge in [-0.05, 0) is 24.6 Å². The Bertz CT molecular complexity index is 839. The molecule has 0 atom stereocenters. The molecule has 0 saturated heterocycles. The van der Waals surface area contributed by atoms with Gasteiger partial charge in [-0.25, -0.2) is 18.4 Å². The van der Waals surface area contributed by atoms with Gasteiger partial charge in [-0.1, -0.05) is 41.9 Å². The van der Waals surface area contributed by atoms with Crippen LogP contribution in [0.15, 0.2) is 52.3 Å². The van der Waals surface area contributed by atoms with Crippen LogP contribution in [-0.4, -0.2) is 21.0 Å². The zero-order valence-corrected chi connectivity index (χ0v) is 15.2. The van der Waals surface area contributed by atoms with E-state index >= 15 is 0 Å². The first-order valence-electron chi connectivity index (χ1n) is 7.03. The summed E-state index contributed by atoms with van der Waals surface area (Å²) in [7, 11) is -4.06. The number of nitrogens with two attached hydrogens (primary N) is 1. The van der Waals surface area contributed by atoms with Crippen molar-refractivity contribution in [2.75, 3.05) is 6.61 Å². The van der Waals surface area contributed by atoms with Crippen molar-refractivity contribution >= 4 is 39.4 Å². The Kier molecular flexibility index (Phi) is 6.28. The molecule has 0 saturated carbocycles. The highest BCUT2D eigenvalue weighted by Gasteiger charge is 2.21. The topological polar surface area (TPSA) is 86.5 Å². The predicted molar refractivity (Wildman–Crippen MR) is 94.8 cm³/mol. The van der Waals surface area contributed by atoms with Crippen LogP contribution in [0.2, 0.25) is 5.02 Å². The third-order valence-corrected chi connectivity index (χ3v) is 5.74. The van der Waals surface area contributed by atoms with Gasteiger partial charge in [0, 0.05) is 10.6 Å². The van der Waals surface area contributed by atoms with Crippen LogP contribution in [0.25, 0.3) is 0 Å². The lowest BCUT2D eigenvalue weighted by Crippen LogP contribution is -2.15. The van der Waals surface area contributed by atoms with Gasteiger partial charge in [-0.3, -0.25) is 0 Å². The molecule has 0 bridgehead atoms. The summed E-state index contributed by atoms with van der Waals surface area (Å²) in [6.45, 7) is 1.85. The molecule has 0 aliphatic carbocycles. The molecular formula is C16H16ClNO4S2. The van der Waals surface area contributed by atoms with Crippen LogP contribution in [0.1, 0.15) is 22.8 Å². The number of carbonyl (C=O) groups excluding carboxylic acids is 1. The number of halogens is 1. The molecule has 0 unspecified atom stereocenters. The van der Waals surface area contributed by atoms with Crippen molar-refractivity contribution in [2.24, 2.45) is 5.14 Å². The van der Waals surface area contributed by atoms with Crippen molar-refractivity contribution < 1.29 is 17.9 Å². The molecule has 0 aliphatic heterocycles. The molecule has 0 aromatic heterocycles. The van der Waals surface area contributed by atoms with Gasteiger partial charge in [-0.15, -0.1) is 11.8 Å². The Labute approximate surface area is 150 Å². The van der Waals surface area contributed by atoms with Gasteiger partial charge in [0.05, 0.1) is 17.2 Å². The van der Waals surface area contributed by atoms with E-state index in [2.05, 4.69) is 0 Å². The van der Waals surface area contributed by atoms with E-state index in [1.807, 2.05) is 30.3 Å². The lowest BCUT2D eigenvalue weighted by Gasteiger charge is -2.11. The molecule has 24 heavy (non-hydrogen) atoms. The largest absolute Gasteiger partial charge is 0.462 e. The molecule has 2 rings (SSSR count). The van der Waals surface area contributed by atoms with Gasteiger partial charge in [0.1, 0.15) is 4.90 Å². The van der Waals surface area contributed by atoms with E-state index in [-0.39, 0.29) is 22.1 Å². The van der Waals surface area contributed by atoms with Crippen LogP contribution in [0, 0.1) is 0 Å². The average Bonchev–Trinajstić information content (AvgIpc) is 2.54. The highest BCUT2D eigenvalue weighted by Crippen LogP contribution is 2.35. The van der Waals surface area contributed by atoms with E-state index in [0.717, 1.165) is 11.6 Å². The first-order valence-corrected chi connectivity index (χ1v) is 9.94. The van der Waals surface area contributed by atoms with E-state index in [1.54, 1.807) is 6.92 Å². The fourth-order valence-corrected chi connectivity index (χ4v) is 4.22. The third kappa shape index (κ3) is 4.73. The molecule has 2 N–H and O–H groups in total. The van der Waals surface area contributed by atoms with E-state index in [9.17, 15) is 13.2 Å². The monoisotopic (exact) mass is 385 g/mol. The van der Waals surface area contributed by atoms with Crippen LogP contribution < -0.4 is 5.14 Å². The number of primary sulfonamides is 1. The van der Waals surface area contributed by atoms with Gasteiger partial charge in [-0.2, -0.15) is 0 Å². The second-order valence-electron chi connectivity index (χ2n) is 4.83. The molecule has 0 fully saturated rings. The fraction of sp³-hybridized carbons (Fsp3) is 0.188. The summed E-state index contributed by atoms with van der Waals surface area (Å²) < 4.78 is 28.4. The lowest BCUT2D eigenvalue weighted by atomic mass is 10.2. The first-order chi connectivity index (χ1) is 11.3. The van der Waals surface area contributed by atoms with Crippen molar-refractivity contribution in [3.05, 3.63) is 58.6 Å². The highest BCUT2D eigenvalue weighted by molar-refractivity contribution is 7.98. The number of carbonyl (C=O) groups is 1. The van der Waals surface area contributed by atoms with Gasteiger partial charge in [0.2, 0.25) is 10.0 Å². The zero-order valence-electron chi connectivity index (χ0n) is 12.9. The molecule has 0 heterocycles. The van der Waals surface area contributed by atoms with Gasteiger partial charge in [0.15, 0.2) is 0 Å². The number of hydrogen-bond donors (Lipinski definition) is 1. The number of rotatable bonds is 6. The summed E-state index contributed by atoms with van der Waals surface area (Å²) in [6.07, 6.45) is 0. The molecule has 0 aliphatic rings. The minimum Gasteiger partial charge on any atom is -0.462 e. The maximum absolute atomic E-state index is 12.0. The van der Waals surface area contributed by atoms with Gasteiger partial charge < -0.3 is 4.74 Å². The fourth-order valence-electron chi connectivity index (χ4n) is 1.95. The standard InChI is InChI=1S/C16H16ClNO4S2/c1-2-22-16(19)12-8-13(15(17)14(9-12)24(18,20)21)23-10-11-6-4-3-5-7-11/h3-9H,2,10H2,1H3,(H2,18,20,21). The number of benzene rings is 2. The maximum Gasteiger partial charge on any atom is 0.338 e. The lowest BCUT2D eigenvalue weighted by molar-refractivity contribution is 0.0526. The van der Waals surface area contributed by atoms with Crippen molar-refractivity contribution in [3.63, 3.8) is 0 Å². The van der Waals surface area contributed by atoms with Crippen molar-refractivity contribution in [1.29, 1.82) is 0 Å². The molecule has 128 valence electrons. The van der Waals surface area contributed by atoms with E-state index in [0.29, 0.717) is 10.6 Å². The minimum atomic E-state index is -4.06. The normalized spacial score (nSPS) is 11.3. The molecular weight excluding hydrogens is 370 g/mol. The van der Waals surface area contributed by atoms with Crippen LogP contribution in [-0.2, 0) is 20.5 Å². The van der Waals surface area contributed by atoms with Crippen molar-refractivity contribution in [3.8, 4) is 0 Å². The van der Waals surface area contributed by atoms with E-state index in [1.165, 1.54) is 17.8 Å². The number of ether oxygens (including phenoxy) is 1. The summed E-state index contributed by atoms with van der Waals surface area (Å²) in [5.41, 5.74) is 1.14. The summed E-state index contributed by atoms with van der Waals surface area (Å²) in [4.78, 5) is 12.1. The molecule has 0 radical (unpaired) electrons. The maximum atomic E-state index is 12.0. The first kappa shape index (κ1) is 18.8. The number of sulfonamides is 1. The molecule has 8 heteroatoms. The third-order valence-electron chi connectivity index (χ3n) is 3.06. The molecule has 0 spiro atoms. The summed E-state index contributed by atoms with van der Waals surface area (Å²) in [5.74, 6) is -0.0581. The SMILES string of the molecule is CCOC(=O)c1cc(SCc2ccccc2)c(Cl)c(S(N)(=O)=O)c1. The summed E-state index contributed by atoms with van der Waals surface area (Å²) in [6, 6.07) is 12.3. The smallest absolute Gasteiger partial charge is 0.338 e. The van der Waals surface area contributed by atoms with E-state index in [4.69, 9.17) is 21.5 Å². The second-order valence-corrected chi connectivity index (χ2v) is 7.75. The summed E-state index contributed by atoms with van der Waals surface area (Å²) in [5, 5.41) is 5.21. The second kappa shape index (κ2) is 8.02. The zero-order chi connectivity index (χ0) is 17.7. The number of thioether (sulfide) groups is 1. The molecule has 0 amide bonds. The average molecular weight is 386 g/mol. The highest BCUT2D eigenvalue weighted by atomic mass is 35.5. The Balaban J connectivity index is 2.41. The molecule has 2 aromatic rings. The Hall–Kier alpha value is -1.54. The van der Waals surface area contributed by atoms with Crippen LogP contribution in [0.3, 0.4) is 0 Å². The molecule has 2 aromatic carbocycles. The number of hydrogen-bond acceptors (Lipinski definition) is 5.